The van der Waals surface area contributed by atoms with Gasteiger partial charge in [0.05, 0.1) is 0 Å². The number of aliphatic hydroxyl groups is 1. The van der Waals surface area contributed by atoms with Crippen LogP contribution in [0.2, 0.25) is 0 Å². The van der Waals surface area contributed by atoms with Crippen molar-refractivity contribution < 1.29 is 22.3 Å². The van der Waals surface area contributed by atoms with Crippen molar-refractivity contribution in [3.05, 3.63) is 29.3 Å². The third-order valence-electron chi connectivity index (χ3n) is 2.51. The first-order valence-electron chi connectivity index (χ1n) is 6.40. The van der Waals surface area contributed by atoms with E-state index in [1.807, 2.05) is 26.0 Å². The maximum atomic E-state index is 9.82. The Morgan fingerprint density at radius 1 is 1.16 bits per heavy atom. The van der Waals surface area contributed by atoms with Gasteiger partial charge in [0, 0.05) is 12.1 Å². The van der Waals surface area contributed by atoms with E-state index in [9.17, 15) is 5.11 Å². The van der Waals surface area contributed by atoms with Crippen LogP contribution in [0.25, 0.3) is 0 Å². The van der Waals surface area contributed by atoms with Crippen LogP contribution in [0.15, 0.2) is 18.2 Å². The molecule has 1 aromatic carbocycles. The van der Waals surface area contributed by atoms with Gasteiger partial charge in [0.25, 0.3) is 0 Å². The Balaban J connectivity index is 0.00000324. The summed E-state index contributed by atoms with van der Waals surface area (Å²) in [4.78, 5) is 0. The Labute approximate surface area is 122 Å². The summed E-state index contributed by atoms with van der Waals surface area (Å²) in [6.45, 7) is 11.1. The van der Waals surface area contributed by atoms with E-state index in [0.717, 1.165) is 5.75 Å². The van der Waals surface area contributed by atoms with E-state index in [2.05, 4.69) is 32.2 Å². The molecule has 0 aliphatic heterocycles. The number of nitrogens with one attached hydrogen (secondary N) is 1. The summed E-state index contributed by atoms with van der Waals surface area (Å²) in [6, 6.07) is 6.07. The zero-order valence-electron chi connectivity index (χ0n) is 12.5. The number of aryl methyl sites for hydroxylation is 2. The Bertz CT molecular complexity index is 368. The molecule has 0 radical (unpaired) electrons. The van der Waals surface area contributed by atoms with Crippen molar-refractivity contribution in [2.45, 2.75) is 46.3 Å². The van der Waals surface area contributed by atoms with E-state index in [0.29, 0.717) is 13.2 Å². The van der Waals surface area contributed by atoms with Gasteiger partial charge in [0.1, 0.15) is 18.5 Å². The highest BCUT2D eigenvalue weighted by Gasteiger charge is 2.12. The maximum absolute atomic E-state index is 9.82. The molecule has 0 saturated heterocycles. The van der Waals surface area contributed by atoms with Crippen LogP contribution < -0.4 is 22.5 Å². The van der Waals surface area contributed by atoms with Crippen molar-refractivity contribution in [2.24, 2.45) is 0 Å². The van der Waals surface area contributed by atoms with Crippen LogP contribution in [0.4, 0.5) is 0 Å². The molecule has 4 heteroatoms. The van der Waals surface area contributed by atoms with Crippen LogP contribution in [0.3, 0.4) is 0 Å². The highest BCUT2D eigenvalue weighted by molar-refractivity contribution is 5.32. The smallest absolute Gasteiger partial charge is 0.119 e. The molecule has 0 fully saturated rings. The largest absolute Gasteiger partial charge is 1.00 e. The van der Waals surface area contributed by atoms with E-state index in [-0.39, 0.29) is 17.9 Å². The molecule has 0 heterocycles. The number of ether oxygens (including phenoxy) is 1. The Hall–Kier alpha value is -0.770. The highest BCUT2D eigenvalue weighted by Crippen LogP contribution is 2.16. The van der Waals surface area contributed by atoms with Gasteiger partial charge < -0.3 is 27.6 Å². The average Bonchev–Trinajstić information content (AvgIpc) is 2.21. The number of halogens is 1. The number of hydrogen-bond donors (Lipinski definition) is 2. The molecule has 110 valence electrons. The fourth-order valence-electron chi connectivity index (χ4n) is 1.69. The summed E-state index contributed by atoms with van der Waals surface area (Å²) in [5.74, 6) is 0.822. The van der Waals surface area contributed by atoms with E-state index < -0.39 is 6.10 Å². The Morgan fingerprint density at radius 3 is 2.16 bits per heavy atom. The third kappa shape index (κ3) is 8.09. The van der Waals surface area contributed by atoms with Gasteiger partial charge in [-0.05, 0) is 57.9 Å². The topological polar surface area (TPSA) is 41.5 Å². The van der Waals surface area contributed by atoms with Crippen LogP contribution in [-0.4, -0.2) is 29.9 Å². The first kappa shape index (κ1) is 18.2. The van der Waals surface area contributed by atoms with Gasteiger partial charge in [-0.3, -0.25) is 0 Å². The molecule has 1 rings (SSSR count). The minimum Gasteiger partial charge on any atom is -1.00 e. The molecule has 19 heavy (non-hydrogen) atoms. The lowest BCUT2D eigenvalue weighted by molar-refractivity contribution is -0.00000619. The van der Waals surface area contributed by atoms with E-state index in [1.165, 1.54) is 11.1 Å². The summed E-state index contributed by atoms with van der Waals surface area (Å²) >= 11 is 0. The van der Waals surface area contributed by atoms with E-state index in [4.69, 9.17) is 4.74 Å². The van der Waals surface area contributed by atoms with Crippen LogP contribution >= 0.6 is 0 Å². The van der Waals surface area contributed by atoms with Crippen molar-refractivity contribution in [2.75, 3.05) is 13.2 Å². The lowest BCUT2D eigenvalue weighted by atomic mass is 10.1. The second-order valence-electron chi connectivity index (χ2n) is 5.92. The Morgan fingerprint density at radius 2 is 1.68 bits per heavy atom. The van der Waals surface area contributed by atoms with E-state index in [1.54, 1.807) is 0 Å². The molecule has 1 aromatic rings. The first-order valence-corrected chi connectivity index (χ1v) is 6.40. The normalized spacial score (nSPS) is 12.7. The quantitative estimate of drug-likeness (QED) is 0.762. The summed E-state index contributed by atoms with van der Waals surface area (Å²) in [5, 5.41) is 13.1. The molecule has 1 unspecified atom stereocenters. The predicted octanol–water partition coefficient (Wildman–Crippen LogP) is -0.565. The van der Waals surface area contributed by atoms with Crippen molar-refractivity contribution in [1.29, 1.82) is 0 Å². The van der Waals surface area contributed by atoms with Crippen molar-refractivity contribution in [1.82, 2.24) is 5.32 Å². The minimum atomic E-state index is -0.495. The van der Waals surface area contributed by atoms with Crippen LogP contribution in [-0.2, 0) is 0 Å². The molecular weight excluding hydrogens is 262 g/mol. The zero-order valence-corrected chi connectivity index (χ0v) is 13.2. The van der Waals surface area contributed by atoms with Gasteiger partial charge in [-0.1, -0.05) is 6.07 Å². The van der Waals surface area contributed by atoms with Crippen molar-refractivity contribution in [3.8, 4) is 5.75 Å². The summed E-state index contributed by atoms with van der Waals surface area (Å²) in [5.41, 5.74) is 2.36. The predicted molar refractivity (Wildman–Crippen MR) is 75.2 cm³/mol. The fourth-order valence-corrected chi connectivity index (χ4v) is 1.69. The molecule has 0 saturated carbocycles. The van der Waals surface area contributed by atoms with Gasteiger partial charge >= 0.3 is 0 Å². The third-order valence-corrected chi connectivity index (χ3v) is 2.51. The average molecular weight is 287 g/mol. The molecule has 0 bridgehead atoms. The number of benzene rings is 1. The fraction of sp³-hybridized carbons (Fsp3) is 0.600. The number of β-amino-alcohol motifs (C(OH)–C–C–N with tert-alkyl or cyclic N) is 1. The monoisotopic (exact) mass is 286 g/mol. The zero-order chi connectivity index (χ0) is 13.8. The summed E-state index contributed by atoms with van der Waals surface area (Å²) < 4.78 is 5.60. The summed E-state index contributed by atoms with van der Waals surface area (Å²) in [6.07, 6.45) is -0.495. The standard InChI is InChI=1S/C15H25NO2.ClH/c1-11-6-12(2)8-14(7-11)18-10-13(17)9-16-15(3,4)5;/h6-8,13,16-17H,9-10H2,1-5H3;1H/p-1. The van der Waals surface area contributed by atoms with E-state index >= 15 is 0 Å². The molecule has 0 amide bonds. The lowest BCUT2D eigenvalue weighted by Crippen LogP contribution is -3.00. The molecule has 0 aromatic heterocycles. The van der Waals surface area contributed by atoms with Gasteiger partial charge in [-0.2, -0.15) is 0 Å². The first-order chi connectivity index (χ1) is 8.26. The van der Waals surface area contributed by atoms with Gasteiger partial charge in [-0.25, -0.2) is 0 Å². The molecule has 3 nitrogen and oxygen atoms in total. The highest BCUT2D eigenvalue weighted by atomic mass is 35.5. The number of aliphatic hydroxyl groups excluding tert-OH is 1. The second kappa shape index (κ2) is 7.73. The Kier molecular flexibility index (Phi) is 7.42. The molecule has 0 spiro atoms. The molecule has 1 atom stereocenters. The second-order valence-corrected chi connectivity index (χ2v) is 5.92. The van der Waals surface area contributed by atoms with Gasteiger partial charge in [0.2, 0.25) is 0 Å². The molecular formula is C15H25ClNO2-. The number of hydrogen-bond acceptors (Lipinski definition) is 3. The maximum Gasteiger partial charge on any atom is 0.119 e. The minimum absolute atomic E-state index is 0. The number of rotatable bonds is 5. The van der Waals surface area contributed by atoms with Crippen LogP contribution in [0.1, 0.15) is 31.9 Å². The molecule has 0 aliphatic carbocycles. The molecule has 2 N–H and O–H groups in total. The SMILES string of the molecule is Cc1cc(C)cc(OCC(O)CNC(C)(C)C)c1.[Cl-]. The lowest BCUT2D eigenvalue weighted by Gasteiger charge is -2.23. The van der Waals surface area contributed by atoms with Gasteiger partial charge in [-0.15, -0.1) is 0 Å². The van der Waals surface area contributed by atoms with Crippen LogP contribution in [0.5, 0.6) is 5.75 Å². The van der Waals surface area contributed by atoms with Crippen molar-refractivity contribution in [3.63, 3.8) is 0 Å². The molecule has 0 aliphatic rings. The van der Waals surface area contributed by atoms with Gasteiger partial charge in [0.15, 0.2) is 0 Å². The van der Waals surface area contributed by atoms with Crippen LogP contribution in [0, 0.1) is 13.8 Å². The van der Waals surface area contributed by atoms with Crippen molar-refractivity contribution >= 4 is 0 Å². The summed E-state index contributed by atoms with van der Waals surface area (Å²) in [7, 11) is 0.